The number of primary amides is 1. The highest BCUT2D eigenvalue weighted by Gasteiger charge is 2.20. The second kappa shape index (κ2) is 7.28. The maximum atomic E-state index is 11.8. The lowest BCUT2D eigenvalue weighted by atomic mass is 10.1. The molecule has 114 valence electrons. The largest absolute Gasteiger partial charge is 0.480 e. The Bertz CT molecular complexity index is 537. The summed E-state index contributed by atoms with van der Waals surface area (Å²) in [4.78, 5) is 33.5. The zero-order valence-electron chi connectivity index (χ0n) is 12.0. The van der Waals surface area contributed by atoms with Crippen molar-refractivity contribution in [1.29, 1.82) is 0 Å². The van der Waals surface area contributed by atoms with Gasteiger partial charge >= 0.3 is 12.0 Å². The molecule has 3 amide bonds. The fourth-order valence-electron chi connectivity index (χ4n) is 1.92. The van der Waals surface area contributed by atoms with Gasteiger partial charge in [-0.15, -0.1) is 0 Å². The van der Waals surface area contributed by atoms with E-state index in [4.69, 9.17) is 10.8 Å². The molecule has 0 unspecified atom stereocenters. The van der Waals surface area contributed by atoms with E-state index in [0.717, 1.165) is 11.1 Å². The van der Waals surface area contributed by atoms with Crippen LogP contribution >= 0.6 is 0 Å². The number of hydrogen-bond acceptors (Lipinski definition) is 3. The van der Waals surface area contributed by atoms with Gasteiger partial charge in [-0.2, -0.15) is 0 Å². The third-order valence-electron chi connectivity index (χ3n) is 2.76. The molecule has 1 rings (SSSR count). The average molecular weight is 293 g/mol. The van der Waals surface area contributed by atoms with E-state index in [2.05, 4.69) is 10.6 Å². The minimum Gasteiger partial charge on any atom is -0.480 e. The van der Waals surface area contributed by atoms with Crippen LogP contribution in [0.2, 0.25) is 0 Å². The van der Waals surface area contributed by atoms with E-state index in [1.54, 1.807) is 12.1 Å². The number of aryl methyl sites for hydroxylation is 2. The zero-order chi connectivity index (χ0) is 16.0. The van der Waals surface area contributed by atoms with Gasteiger partial charge in [0.1, 0.15) is 6.04 Å². The van der Waals surface area contributed by atoms with E-state index in [9.17, 15) is 14.4 Å². The first-order valence-corrected chi connectivity index (χ1v) is 6.45. The Kier molecular flexibility index (Phi) is 5.71. The maximum absolute atomic E-state index is 11.8. The molecular weight excluding hydrogens is 274 g/mol. The standard InChI is InChI=1S/C14H19N3O4/c1-8-5-9(2)7-10(6-8)16-14(21)17-11(13(19)20)3-4-12(15)18/h5-7,11H,3-4H2,1-2H3,(H2,15,18)(H,19,20)(H2,16,17,21)/t11-/m0/s1. The number of aliphatic carboxylic acids is 1. The SMILES string of the molecule is Cc1cc(C)cc(NC(=O)N[C@@H](CCC(N)=O)C(=O)O)c1. The summed E-state index contributed by atoms with van der Waals surface area (Å²) in [6, 6.07) is 3.69. The van der Waals surface area contributed by atoms with Crippen LogP contribution in [0.25, 0.3) is 0 Å². The van der Waals surface area contributed by atoms with Crippen LogP contribution in [0.4, 0.5) is 10.5 Å². The fraction of sp³-hybridized carbons (Fsp3) is 0.357. The Hall–Kier alpha value is -2.57. The van der Waals surface area contributed by atoms with E-state index < -0.39 is 23.9 Å². The van der Waals surface area contributed by atoms with E-state index in [1.165, 1.54) is 0 Å². The lowest BCUT2D eigenvalue weighted by molar-refractivity contribution is -0.139. The number of urea groups is 1. The molecule has 0 heterocycles. The molecule has 1 aromatic rings. The summed E-state index contributed by atoms with van der Waals surface area (Å²) in [5.41, 5.74) is 7.50. The molecule has 0 aromatic heterocycles. The molecule has 0 fully saturated rings. The number of hydrogen-bond donors (Lipinski definition) is 4. The Labute approximate surface area is 122 Å². The molecule has 0 saturated heterocycles. The molecule has 7 nitrogen and oxygen atoms in total. The Morgan fingerprint density at radius 1 is 1.19 bits per heavy atom. The fourth-order valence-corrected chi connectivity index (χ4v) is 1.92. The lowest BCUT2D eigenvalue weighted by Crippen LogP contribution is -2.43. The highest BCUT2D eigenvalue weighted by atomic mass is 16.4. The highest BCUT2D eigenvalue weighted by molar-refractivity contribution is 5.92. The number of anilines is 1. The van der Waals surface area contributed by atoms with E-state index in [1.807, 2.05) is 19.9 Å². The van der Waals surface area contributed by atoms with Gasteiger partial charge in [-0.1, -0.05) is 6.07 Å². The molecule has 0 saturated carbocycles. The molecule has 21 heavy (non-hydrogen) atoms. The molecular formula is C14H19N3O4. The molecule has 0 bridgehead atoms. The quantitative estimate of drug-likeness (QED) is 0.628. The van der Waals surface area contributed by atoms with Gasteiger partial charge in [0, 0.05) is 12.1 Å². The number of nitrogens with two attached hydrogens (primary N) is 1. The van der Waals surface area contributed by atoms with E-state index in [-0.39, 0.29) is 12.8 Å². The van der Waals surface area contributed by atoms with Gasteiger partial charge in [0.2, 0.25) is 5.91 Å². The van der Waals surface area contributed by atoms with Crippen molar-refractivity contribution in [2.45, 2.75) is 32.7 Å². The molecule has 1 aromatic carbocycles. The van der Waals surface area contributed by atoms with Crippen LogP contribution in [0.15, 0.2) is 18.2 Å². The summed E-state index contributed by atoms with van der Waals surface area (Å²) >= 11 is 0. The second-order valence-electron chi connectivity index (χ2n) is 4.87. The van der Waals surface area contributed by atoms with Gasteiger partial charge < -0.3 is 21.5 Å². The van der Waals surface area contributed by atoms with Crippen LogP contribution in [0.5, 0.6) is 0 Å². The van der Waals surface area contributed by atoms with Crippen LogP contribution in [0.3, 0.4) is 0 Å². The van der Waals surface area contributed by atoms with Crippen molar-refractivity contribution in [2.24, 2.45) is 5.73 Å². The van der Waals surface area contributed by atoms with Gasteiger partial charge in [0.15, 0.2) is 0 Å². The van der Waals surface area contributed by atoms with Crippen molar-refractivity contribution in [3.8, 4) is 0 Å². The van der Waals surface area contributed by atoms with Crippen molar-refractivity contribution in [1.82, 2.24) is 5.32 Å². The summed E-state index contributed by atoms with van der Waals surface area (Å²) in [5, 5.41) is 13.9. The van der Waals surface area contributed by atoms with Crippen LogP contribution in [-0.4, -0.2) is 29.1 Å². The van der Waals surface area contributed by atoms with Crippen molar-refractivity contribution in [3.05, 3.63) is 29.3 Å². The Balaban J connectivity index is 2.65. The van der Waals surface area contributed by atoms with Gasteiger partial charge in [0.25, 0.3) is 0 Å². The number of carboxylic acid groups (broad SMARTS) is 1. The minimum atomic E-state index is -1.22. The number of carbonyl (C=O) groups excluding carboxylic acids is 2. The first-order valence-electron chi connectivity index (χ1n) is 6.45. The molecule has 7 heteroatoms. The second-order valence-corrected chi connectivity index (χ2v) is 4.87. The number of nitrogens with one attached hydrogen (secondary N) is 2. The van der Waals surface area contributed by atoms with Crippen molar-refractivity contribution in [2.75, 3.05) is 5.32 Å². The predicted octanol–water partition coefficient (Wildman–Crippen LogP) is 1.14. The molecule has 0 radical (unpaired) electrons. The summed E-state index contributed by atoms with van der Waals surface area (Å²) in [5.74, 6) is -1.83. The van der Waals surface area contributed by atoms with Gasteiger partial charge in [-0.05, 0) is 43.5 Å². The first-order chi connectivity index (χ1) is 9.77. The maximum Gasteiger partial charge on any atom is 0.326 e. The number of carboxylic acids is 1. The Morgan fingerprint density at radius 2 is 1.76 bits per heavy atom. The predicted molar refractivity (Wildman–Crippen MR) is 77.9 cm³/mol. The number of carbonyl (C=O) groups is 3. The zero-order valence-corrected chi connectivity index (χ0v) is 12.0. The Morgan fingerprint density at radius 3 is 2.24 bits per heavy atom. The number of rotatable bonds is 6. The number of benzene rings is 1. The smallest absolute Gasteiger partial charge is 0.326 e. The van der Waals surface area contributed by atoms with Crippen molar-refractivity contribution >= 4 is 23.6 Å². The van der Waals surface area contributed by atoms with Gasteiger partial charge in [-0.3, -0.25) is 4.79 Å². The topological polar surface area (TPSA) is 122 Å². The highest BCUT2D eigenvalue weighted by Crippen LogP contribution is 2.13. The van der Waals surface area contributed by atoms with Gasteiger partial charge in [-0.25, -0.2) is 9.59 Å². The molecule has 1 atom stereocenters. The normalized spacial score (nSPS) is 11.5. The summed E-state index contributed by atoms with van der Waals surface area (Å²) in [6.45, 7) is 3.78. The summed E-state index contributed by atoms with van der Waals surface area (Å²) in [7, 11) is 0. The van der Waals surface area contributed by atoms with Crippen LogP contribution in [0, 0.1) is 13.8 Å². The van der Waals surface area contributed by atoms with Crippen molar-refractivity contribution < 1.29 is 19.5 Å². The van der Waals surface area contributed by atoms with Crippen molar-refractivity contribution in [3.63, 3.8) is 0 Å². The molecule has 0 aliphatic rings. The molecule has 0 spiro atoms. The third-order valence-corrected chi connectivity index (χ3v) is 2.76. The third kappa shape index (κ3) is 5.94. The molecule has 0 aliphatic heterocycles. The lowest BCUT2D eigenvalue weighted by Gasteiger charge is -2.15. The first kappa shape index (κ1) is 16.5. The summed E-state index contributed by atoms with van der Waals surface area (Å²) in [6.07, 6.45) is -0.161. The number of amides is 3. The van der Waals surface area contributed by atoms with Gasteiger partial charge in [0.05, 0.1) is 0 Å². The summed E-state index contributed by atoms with van der Waals surface area (Å²) < 4.78 is 0. The van der Waals surface area contributed by atoms with Crippen LogP contribution in [-0.2, 0) is 9.59 Å². The molecule has 5 N–H and O–H groups in total. The van der Waals surface area contributed by atoms with Crippen LogP contribution < -0.4 is 16.4 Å². The van der Waals surface area contributed by atoms with E-state index in [0.29, 0.717) is 5.69 Å². The van der Waals surface area contributed by atoms with E-state index >= 15 is 0 Å². The minimum absolute atomic E-state index is 0.0507. The van der Waals surface area contributed by atoms with Crippen LogP contribution in [0.1, 0.15) is 24.0 Å². The monoisotopic (exact) mass is 293 g/mol. The average Bonchev–Trinajstić information content (AvgIpc) is 2.32. The molecule has 0 aliphatic carbocycles.